The summed E-state index contributed by atoms with van der Waals surface area (Å²) < 4.78 is 5.54. The minimum atomic E-state index is -0.874. The zero-order valence-electron chi connectivity index (χ0n) is 20.8. The molecular weight excluding hydrogens is 504 g/mol. The normalized spacial score (nSPS) is 22.4. The van der Waals surface area contributed by atoms with Gasteiger partial charge in [-0.3, -0.25) is 4.79 Å². The van der Waals surface area contributed by atoms with Gasteiger partial charge in [0.2, 0.25) is 5.91 Å². The molecule has 0 spiro atoms. The lowest BCUT2D eigenvalue weighted by molar-refractivity contribution is -0.757. The van der Waals surface area contributed by atoms with Gasteiger partial charge in [0, 0.05) is 30.3 Å². The Kier molecular flexibility index (Phi) is 14.0. The van der Waals surface area contributed by atoms with Gasteiger partial charge < -0.3 is 30.2 Å². The molecule has 1 amide bonds. The number of carbonyl (C=O) groups excluding carboxylic acids is 1. The molecule has 1 aromatic carbocycles. The quantitative estimate of drug-likeness (QED) is 0.102. The molecular formula is C26H37ClN2O8. The summed E-state index contributed by atoms with van der Waals surface area (Å²) in [6, 6.07) is 6.89. The Balaban J connectivity index is 1.66. The second-order valence-corrected chi connectivity index (χ2v) is 9.48. The van der Waals surface area contributed by atoms with Crippen molar-refractivity contribution in [2.75, 3.05) is 19.8 Å². The molecule has 0 bridgehead atoms. The maximum Gasteiger partial charge on any atom is 0.294 e. The second-order valence-electron chi connectivity index (χ2n) is 9.05. The van der Waals surface area contributed by atoms with Crippen molar-refractivity contribution in [1.82, 2.24) is 5.32 Å². The molecule has 206 valence electrons. The SMILES string of the molecule is O=C(CCCC=CC[C@@H]1[C@@H](C=C[C@@H](O)COc2cccc(Cl)c2)[C@H](O)C[C@@H]1O)NCCCCO[N+](=O)[O-]. The molecule has 1 aliphatic rings. The number of unbranched alkanes of at least 4 members (excludes halogenated alkanes) is 2. The predicted octanol–water partition coefficient (Wildman–Crippen LogP) is 3.22. The van der Waals surface area contributed by atoms with Gasteiger partial charge in [-0.2, -0.15) is 0 Å². The highest BCUT2D eigenvalue weighted by Crippen LogP contribution is 2.36. The van der Waals surface area contributed by atoms with Gasteiger partial charge in [-0.1, -0.05) is 42.0 Å². The molecule has 1 saturated carbocycles. The van der Waals surface area contributed by atoms with Gasteiger partial charge in [-0.15, -0.1) is 10.1 Å². The number of nitrogens with zero attached hydrogens (tertiary/aromatic N) is 1. The standard InChI is InChI=1S/C26H37ClN2O8/c27-19-8-7-9-21(16-19)36-18-20(30)12-13-23-22(24(31)17-25(23)32)10-3-1-2-4-11-26(33)28-14-5-6-15-37-29(34)35/h1,3,7-9,12-13,16,20,22-25,30-32H,2,4-6,10-11,14-15,17-18H2,(H,28,33)/t20-,22-,23-,24+,25-/m1/s1. The molecule has 0 saturated heterocycles. The first-order valence-corrected chi connectivity index (χ1v) is 12.9. The van der Waals surface area contributed by atoms with Crippen LogP contribution < -0.4 is 10.1 Å². The molecule has 11 heteroatoms. The van der Waals surface area contributed by atoms with E-state index in [2.05, 4.69) is 10.2 Å². The Labute approximate surface area is 222 Å². The molecule has 0 aromatic heterocycles. The van der Waals surface area contributed by atoms with Gasteiger partial charge in [0.15, 0.2) is 0 Å². The van der Waals surface area contributed by atoms with E-state index in [4.69, 9.17) is 16.3 Å². The molecule has 1 aromatic rings. The van der Waals surface area contributed by atoms with Gasteiger partial charge in [0.25, 0.3) is 5.09 Å². The maximum absolute atomic E-state index is 11.8. The van der Waals surface area contributed by atoms with E-state index in [1.807, 2.05) is 12.2 Å². The summed E-state index contributed by atoms with van der Waals surface area (Å²) in [5.74, 6) is 0.0197. The number of aliphatic hydroxyl groups excluding tert-OH is 3. The van der Waals surface area contributed by atoms with Crippen LogP contribution >= 0.6 is 11.6 Å². The van der Waals surface area contributed by atoms with E-state index in [1.54, 1.807) is 36.4 Å². The van der Waals surface area contributed by atoms with Crippen LogP contribution in [0.15, 0.2) is 48.6 Å². The predicted molar refractivity (Wildman–Crippen MR) is 139 cm³/mol. The van der Waals surface area contributed by atoms with Crippen molar-refractivity contribution in [2.24, 2.45) is 11.8 Å². The summed E-state index contributed by atoms with van der Waals surface area (Å²) in [4.78, 5) is 26.1. The van der Waals surface area contributed by atoms with Crippen LogP contribution in [0.4, 0.5) is 0 Å². The third-order valence-corrected chi connectivity index (χ3v) is 6.36. The molecule has 0 aliphatic heterocycles. The number of allylic oxidation sites excluding steroid dienone is 2. The van der Waals surface area contributed by atoms with Crippen molar-refractivity contribution < 1.29 is 34.8 Å². The maximum atomic E-state index is 11.8. The molecule has 10 nitrogen and oxygen atoms in total. The lowest BCUT2D eigenvalue weighted by atomic mass is 9.89. The van der Waals surface area contributed by atoms with Crippen LogP contribution in [0.3, 0.4) is 0 Å². The fourth-order valence-electron chi connectivity index (χ4n) is 4.19. The molecule has 2 rings (SSSR count). The first-order valence-electron chi connectivity index (χ1n) is 12.6. The van der Waals surface area contributed by atoms with E-state index in [1.165, 1.54) is 0 Å². The highest BCUT2D eigenvalue weighted by Gasteiger charge is 2.39. The number of hydrogen-bond donors (Lipinski definition) is 4. The Morgan fingerprint density at radius 3 is 2.81 bits per heavy atom. The minimum absolute atomic E-state index is 0.0238. The van der Waals surface area contributed by atoms with Gasteiger partial charge in [-0.25, -0.2) is 0 Å². The first kappa shape index (κ1) is 30.6. The average Bonchev–Trinajstić information content (AvgIpc) is 3.12. The summed E-state index contributed by atoms with van der Waals surface area (Å²) in [6.45, 7) is 0.514. The number of carbonyl (C=O) groups is 1. The van der Waals surface area contributed by atoms with Crippen LogP contribution in [-0.2, 0) is 9.63 Å². The second kappa shape index (κ2) is 17.0. The van der Waals surface area contributed by atoms with Crippen molar-refractivity contribution in [3.8, 4) is 5.75 Å². The van der Waals surface area contributed by atoms with Crippen LogP contribution in [-0.4, -0.2) is 64.4 Å². The van der Waals surface area contributed by atoms with Crippen LogP contribution in [0.5, 0.6) is 5.75 Å². The Bertz CT molecular complexity index is 897. The average molecular weight is 541 g/mol. The summed E-state index contributed by atoms with van der Waals surface area (Å²) >= 11 is 5.93. The van der Waals surface area contributed by atoms with Gasteiger partial charge in [0.1, 0.15) is 18.5 Å². The van der Waals surface area contributed by atoms with E-state index >= 15 is 0 Å². The Hall–Kier alpha value is -2.66. The van der Waals surface area contributed by atoms with E-state index in [9.17, 15) is 30.2 Å². The molecule has 37 heavy (non-hydrogen) atoms. The third kappa shape index (κ3) is 12.4. The van der Waals surface area contributed by atoms with Crippen molar-refractivity contribution in [3.63, 3.8) is 0 Å². The molecule has 4 N–H and O–H groups in total. The molecule has 1 aliphatic carbocycles. The molecule has 0 radical (unpaired) electrons. The minimum Gasteiger partial charge on any atom is -0.491 e. The number of halogens is 1. The Morgan fingerprint density at radius 2 is 2.05 bits per heavy atom. The number of aliphatic hydroxyl groups is 3. The van der Waals surface area contributed by atoms with E-state index in [-0.39, 0.29) is 37.4 Å². The number of benzene rings is 1. The van der Waals surface area contributed by atoms with E-state index in [0.29, 0.717) is 55.8 Å². The summed E-state index contributed by atoms with van der Waals surface area (Å²) in [6.07, 6.45) is 8.75. The molecule has 0 heterocycles. The number of hydrogen-bond acceptors (Lipinski definition) is 8. The van der Waals surface area contributed by atoms with Crippen LogP contribution in [0, 0.1) is 22.0 Å². The fraction of sp³-hybridized carbons (Fsp3) is 0.577. The topological polar surface area (TPSA) is 151 Å². The highest BCUT2D eigenvalue weighted by molar-refractivity contribution is 6.30. The van der Waals surface area contributed by atoms with Crippen molar-refractivity contribution >= 4 is 17.5 Å². The summed E-state index contributed by atoms with van der Waals surface area (Å²) in [5, 5.41) is 43.5. The van der Waals surface area contributed by atoms with Gasteiger partial charge >= 0.3 is 0 Å². The summed E-state index contributed by atoms with van der Waals surface area (Å²) in [5.41, 5.74) is 0. The van der Waals surface area contributed by atoms with Crippen LogP contribution in [0.1, 0.15) is 44.9 Å². The van der Waals surface area contributed by atoms with Crippen LogP contribution in [0.25, 0.3) is 0 Å². The van der Waals surface area contributed by atoms with Crippen LogP contribution in [0.2, 0.25) is 5.02 Å². The smallest absolute Gasteiger partial charge is 0.294 e. The zero-order valence-corrected chi connectivity index (χ0v) is 21.5. The number of amides is 1. The van der Waals surface area contributed by atoms with Crippen molar-refractivity contribution in [1.29, 1.82) is 0 Å². The van der Waals surface area contributed by atoms with Crippen molar-refractivity contribution in [3.05, 3.63) is 63.7 Å². The third-order valence-electron chi connectivity index (χ3n) is 6.13. The molecule has 1 fully saturated rings. The van der Waals surface area contributed by atoms with Gasteiger partial charge in [-0.05, 0) is 56.2 Å². The molecule has 5 atom stereocenters. The highest BCUT2D eigenvalue weighted by atomic mass is 35.5. The lowest BCUT2D eigenvalue weighted by Crippen LogP contribution is -2.24. The Morgan fingerprint density at radius 1 is 1.24 bits per heavy atom. The lowest BCUT2D eigenvalue weighted by Gasteiger charge is -2.19. The first-order chi connectivity index (χ1) is 17.8. The zero-order chi connectivity index (χ0) is 27.0. The fourth-order valence-corrected chi connectivity index (χ4v) is 4.37. The largest absolute Gasteiger partial charge is 0.491 e. The number of ether oxygens (including phenoxy) is 1. The van der Waals surface area contributed by atoms with E-state index < -0.39 is 23.4 Å². The number of rotatable bonds is 17. The molecule has 0 unspecified atom stereocenters. The van der Waals surface area contributed by atoms with E-state index in [0.717, 1.165) is 0 Å². The monoisotopic (exact) mass is 540 g/mol. The summed E-state index contributed by atoms with van der Waals surface area (Å²) in [7, 11) is 0. The number of nitrogens with one attached hydrogen (secondary N) is 1. The van der Waals surface area contributed by atoms with Gasteiger partial charge in [0.05, 0.1) is 18.8 Å². The van der Waals surface area contributed by atoms with Crippen molar-refractivity contribution in [2.45, 2.75) is 63.3 Å².